The van der Waals surface area contributed by atoms with E-state index in [4.69, 9.17) is 9.47 Å². The van der Waals surface area contributed by atoms with Crippen molar-refractivity contribution in [1.29, 1.82) is 0 Å². The maximum absolute atomic E-state index is 5.85. The predicted octanol–water partition coefficient (Wildman–Crippen LogP) is 2.35. The Morgan fingerprint density at radius 3 is 2.59 bits per heavy atom. The van der Waals surface area contributed by atoms with Crippen molar-refractivity contribution < 1.29 is 9.47 Å². The molecule has 0 bridgehead atoms. The van der Waals surface area contributed by atoms with Crippen molar-refractivity contribution in [1.82, 2.24) is 5.32 Å². The van der Waals surface area contributed by atoms with Gasteiger partial charge in [0.15, 0.2) is 0 Å². The summed E-state index contributed by atoms with van der Waals surface area (Å²) in [5, 5.41) is 3.68. The highest BCUT2D eigenvalue weighted by Gasteiger charge is 2.58. The summed E-state index contributed by atoms with van der Waals surface area (Å²) in [4.78, 5) is 0. The molecule has 2 aliphatic rings. The Balaban J connectivity index is 1.75. The van der Waals surface area contributed by atoms with Gasteiger partial charge in [0.25, 0.3) is 0 Å². The molecule has 100 valence electrons. The van der Waals surface area contributed by atoms with E-state index in [-0.39, 0.29) is 0 Å². The molecule has 17 heavy (non-hydrogen) atoms. The SMILES string of the molecule is CCOC(C)CNC1CC(OCC)C12CCC2. The van der Waals surface area contributed by atoms with Gasteiger partial charge < -0.3 is 14.8 Å². The van der Waals surface area contributed by atoms with Gasteiger partial charge in [0.2, 0.25) is 0 Å². The molecule has 3 unspecified atom stereocenters. The Bertz CT molecular complexity index is 240. The van der Waals surface area contributed by atoms with Crippen molar-refractivity contribution >= 4 is 0 Å². The van der Waals surface area contributed by atoms with Crippen molar-refractivity contribution in [2.24, 2.45) is 5.41 Å². The first kappa shape index (κ1) is 13.3. The predicted molar refractivity (Wildman–Crippen MR) is 69.2 cm³/mol. The molecule has 3 atom stereocenters. The van der Waals surface area contributed by atoms with Crippen molar-refractivity contribution in [3.8, 4) is 0 Å². The second kappa shape index (κ2) is 5.68. The van der Waals surface area contributed by atoms with E-state index in [1.54, 1.807) is 0 Å². The maximum atomic E-state index is 5.85. The molecule has 0 radical (unpaired) electrons. The van der Waals surface area contributed by atoms with E-state index in [2.05, 4.69) is 26.1 Å². The Hall–Kier alpha value is -0.120. The van der Waals surface area contributed by atoms with E-state index in [9.17, 15) is 0 Å². The normalized spacial score (nSPS) is 31.9. The first-order chi connectivity index (χ1) is 8.23. The van der Waals surface area contributed by atoms with Gasteiger partial charge in [-0.2, -0.15) is 0 Å². The minimum atomic E-state index is 0.322. The van der Waals surface area contributed by atoms with Crippen molar-refractivity contribution in [3.05, 3.63) is 0 Å². The summed E-state index contributed by atoms with van der Waals surface area (Å²) in [6.07, 6.45) is 6.09. The summed E-state index contributed by atoms with van der Waals surface area (Å²) >= 11 is 0. The monoisotopic (exact) mass is 241 g/mol. The Labute approximate surface area is 105 Å². The quantitative estimate of drug-likeness (QED) is 0.742. The average Bonchev–Trinajstić information content (AvgIpc) is 2.20. The maximum Gasteiger partial charge on any atom is 0.0671 e. The topological polar surface area (TPSA) is 30.5 Å². The fraction of sp³-hybridized carbons (Fsp3) is 1.00. The lowest BCUT2D eigenvalue weighted by molar-refractivity contribution is -0.173. The second-order valence-electron chi connectivity index (χ2n) is 5.49. The molecule has 3 heteroatoms. The molecule has 2 rings (SSSR count). The van der Waals surface area contributed by atoms with Gasteiger partial charge in [-0.05, 0) is 40.0 Å². The molecule has 1 N–H and O–H groups in total. The van der Waals surface area contributed by atoms with Crippen molar-refractivity contribution in [2.75, 3.05) is 19.8 Å². The molecule has 0 aromatic heterocycles. The van der Waals surface area contributed by atoms with Crippen LogP contribution in [0.25, 0.3) is 0 Å². The first-order valence-electron chi connectivity index (χ1n) is 7.19. The molecule has 0 amide bonds. The number of hydrogen-bond donors (Lipinski definition) is 1. The number of rotatable bonds is 7. The Kier molecular flexibility index (Phi) is 4.45. The van der Waals surface area contributed by atoms with Gasteiger partial charge in [-0.25, -0.2) is 0 Å². The van der Waals surface area contributed by atoms with E-state index in [1.165, 1.54) is 25.7 Å². The molecule has 0 heterocycles. The zero-order valence-electron chi connectivity index (χ0n) is 11.5. The Morgan fingerprint density at radius 1 is 1.29 bits per heavy atom. The highest BCUT2D eigenvalue weighted by atomic mass is 16.5. The van der Waals surface area contributed by atoms with Crippen molar-refractivity contribution in [2.45, 2.75) is 64.7 Å². The van der Waals surface area contributed by atoms with Crippen LogP contribution in [0.4, 0.5) is 0 Å². The zero-order chi connectivity index (χ0) is 12.3. The molecular weight excluding hydrogens is 214 g/mol. The molecular formula is C14H27NO2. The largest absolute Gasteiger partial charge is 0.378 e. The third-order valence-electron chi connectivity index (χ3n) is 4.54. The second-order valence-corrected chi connectivity index (χ2v) is 5.49. The van der Waals surface area contributed by atoms with Crippen LogP contribution in [0.3, 0.4) is 0 Å². The summed E-state index contributed by atoms with van der Waals surface area (Å²) in [6.45, 7) is 8.93. The fourth-order valence-corrected chi connectivity index (χ4v) is 3.38. The zero-order valence-corrected chi connectivity index (χ0v) is 11.5. The van der Waals surface area contributed by atoms with Gasteiger partial charge in [-0.1, -0.05) is 6.42 Å². The van der Waals surface area contributed by atoms with E-state index >= 15 is 0 Å². The lowest BCUT2D eigenvalue weighted by Crippen LogP contribution is -2.67. The fourth-order valence-electron chi connectivity index (χ4n) is 3.38. The van der Waals surface area contributed by atoms with Crippen molar-refractivity contribution in [3.63, 3.8) is 0 Å². The summed E-state index contributed by atoms with van der Waals surface area (Å²) in [5.74, 6) is 0. The summed E-state index contributed by atoms with van der Waals surface area (Å²) in [5.41, 5.74) is 0.474. The third kappa shape index (κ3) is 2.51. The number of hydrogen-bond acceptors (Lipinski definition) is 3. The molecule has 1 spiro atoms. The first-order valence-corrected chi connectivity index (χ1v) is 7.19. The van der Waals surface area contributed by atoms with Crippen LogP contribution < -0.4 is 5.32 Å². The van der Waals surface area contributed by atoms with Gasteiger partial charge in [0.05, 0.1) is 12.2 Å². The van der Waals surface area contributed by atoms with Crippen LogP contribution in [0.1, 0.15) is 46.5 Å². The van der Waals surface area contributed by atoms with E-state index in [0.29, 0.717) is 23.7 Å². The third-order valence-corrected chi connectivity index (χ3v) is 4.54. The minimum Gasteiger partial charge on any atom is -0.378 e. The Morgan fingerprint density at radius 2 is 2.06 bits per heavy atom. The number of nitrogens with one attached hydrogen (secondary N) is 1. The van der Waals surface area contributed by atoms with E-state index in [0.717, 1.165) is 19.8 Å². The standard InChI is InChI=1S/C14H27NO2/c1-4-16-11(3)10-15-12-9-13(17-5-2)14(12)7-6-8-14/h11-13,15H,4-10H2,1-3H3. The van der Waals surface area contributed by atoms with Crippen LogP contribution in [0.15, 0.2) is 0 Å². The molecule has 0 aliphatic heterocycles. The summed E-state index contributed by atoms with van der Waals surface area (Å²) in [6, 6.07) is 0.663. The highest BCUT2D eigenvalue weighted by Crippen LogP contribution is 2.57. The van der Waals surface area contributed by atoms with Crippen LogP contribution in [0.5, 0.6) is 0 Å². The lowest BCUT2D eigenvalue weighted by Gasteiger charge is -2.61. The van der Waals surface area contributed by atoms with E-state index in [1.807, 2.05) is 0 Å². The van der Waals surface area contributed by atoms with Crippen LogP contribution in [0, 0.1) is 5.41 Å². The van der Waals surface area contributed by atoms with Gasteiger partial charge in [-0.15, -0.1) is 0 Å². The van der Waals surface area contributed by atoms with Crippen LogP contribution in [-0.4, -0.2) is 38.0 Å². The van der Waals surface area contributed by atoms with Gasteiger partial charge in [0.1, 0.15) is 0 Å². The molecule has 0 saturated heterocycles. The molecule has 0 aromatic rings. The summed E-state index contributed by atoms with van der Waals surface area (Å²) in [7, 11) is 0. The van der Waals surface area contributed by atoms with Gasteiger partial charge >= 0.3 is 0 Å². The summed E-state index contributed by atoms with van der Waals surface area (Å²) < 4.78 is 11.4. The minimum absolute atomic E-state index is 0.322. The highest BCUT2D eigenvalue weighted by molar-refractivity contribution is 5.12. The average molecular weight is 241 g/mol. The number of ether oxygens (including phenoxy) is 2. The smallest absolute Gasteiger partial charge is 0.0671 e. The molecule has 3 nitrogen and oxygen atoms in total. The van der Waals surface area contributed by atoms with Gasteiger partial charge in [0, 0.05) is 31.2 Å². The van der Waals surface area contributed by atoms with E-state index < -0.39 is 0 Å². The van der Waals surface area contributed by atoms with Crippen LogP contribution in [-0.2, 0) is 9.47 Å². The molecule has 2 saturated carbocycles. The lowest BCUT2D eigenvalue weighted by atomic mass is 9.51. The van der Waals surface area contributed by atoms with Crippen LogP contribution >= 0.6 is 0 Å². The van der Waals surface area contributed by atoms with Crippen LogP contribution in [0.2, 0.25) is 0 Å². The molecule has 2 aliphatic carbocycles. The molecule has 2 fully saturated rings. The molecule has 0 aromatic carbocycles. The van der Waals surface area contributed by atoms with Gasteiger partial charge in [-0.3, -0.25) is 0 Å².